The largest absolute Gasteiger partial charge is 0.361 e. The fraction of sp³-hybridized carbons (Fsp3) is 0. The molecule has 3 N–H and O–H groups in total. The van der Waals surface area contributed by atoms with Gasteiger partial charge < -0.3 is 15.3 Å². The maximum absolute atomic E-state index is 4.51. The third-order valence-corrected chi connectivity index (χ3v) is 4.13. The van der Waals surface area contributed by atoms with Crippen LogP contribution in [-0.2, 0) is 0 Å². The molecule has 5 aromatic rings. The Bertz CT molecular complexity index is 1190. The summed E-state index contributed by atoms with van der Waals surface area (Å²) in [5, 5.41) is 4.53. The Morgan fingerprint density at radius 2 is 1.88 bits per heavy atom. The number of aromatic amines is 2. The van der Waals surface area contributed by atoms with Crippen LogP contribution in [0, 0.1) is 0 Å². The van der Waals surface area contributed by atoms with Crippen LogP contribution in [-0.4, -0.2) is 29.9 Å². The van der Waals surface area contributed by atoms with E-state index < -0.39 is 0 Å². The number of hydrogen-bond acceptors (Lipinski definition) is 5. The molecule has 0 radical (unpaired) electrons. The van der Waals surface area contributed by atoms with Crippen LogP contribution >= 0.6 is 0 Å². The molecule has 4 aromatic heterocycles. The molecule has 5 rings (SSSR count). The van der Waals surface area contributed by atoms with Gasteiger partial charge >= 0.3 is 0 Å². The zero-order chi connectivity index (χ0) is 16.6. The lowest BCUT2D eigenvalue weighted by Crippen LogP contribution is -1.98. The number of rotatable bonds is 3. The lowest BCUT2D eigenvalue weighted by Gasteiger charge is -2.11. The molecule has 25 heavy (non-hydrogen) atoms. The number of fused-ring (bicyclic) bond motifs is 2. The van der Waals surface area contributed by atoms with Crippen LogP contribution in [0.5, 0.6) is 0 Å². The highest BCUT2D eigenvalue weighted by Gasteiger charge is 2.14. The Morgan fingerprint density at radius 3 is 2.88 bits per heavy atom. The summed E-state index contributed by atoms with van der Waals surface area (Å²) in [4.78, 5) is 23.7. The maximum Gasteiger partial charge on any atom is 0.161 e. The Balaban J connectivity index is 1.66. The molecule has 0 atom stereocenters. The second-order valence-electron chi connectivity index (χ2n) is 5.59. The molecule has 0 aliphatic heterocycles. The normalized spacial score (nSPS) is 11.2. The second kappa shape index (κ2) is 5.41. The van der Waals surface area contributed by atoms with Crippen LogP contribution in [0.4, 0.5) is 11.5 Å². The zero-order valence-electron chi connectivity index (χ0n) is 13.1. The molecule has 0 fully saturated rings. The first-order valence-electron chi connectivity index (χ1n) is 7.83. The lowest BCUT2D eigenvalue weighted by molar-refractivity contribution is 1.19. The highest BCUT2D eigenvalue weighted by molar-refractivity contribution is 5.96. The van der Waals surface area contributed by atoms with Crippen molar-refractivity contribution in [3.05, 3.63) is 61.4 Å². The van der Waals surface area contributed by atoms with Gasteiger partial charge in [0.2, 0.25) is 0 Å². The van der Waals surface area contributed by atoms with Gasteiger partial charge in [-0.2, -0.15) is 0 Å². The number of H-pyrrole nitrogens is 2. The number of anilines is 2. The minimum Gasteiger partial charge on any atom is -0.361 e. The number of nitrogens with zero attached hydrogens (tertiary/aromatic N) is 4. The van der Waals surface area contributed by atoms with Gasteiger partial charge in [0.05, 0.1) is 6.33 Å². The lowest BCUT2D eigenvalue weighted by atomic mass is 10.1. The van der Waals surface area contributed by atoms with Crippen molar-refractivity contribution in [2.24, 2.45) is 0 Å². The summed E-state index contributed by atoms with van der Waals surface area (Å²) in [6.07, 6.45) is 6.82. The molecule has 4 heterocycles. The van der Waals surface area contributed by atoms with E-state index in [-0.39, 0.29) is 0 Å². The summed E-state index contributed by atoms with van der Waals surface area (Å²) in [5.41, 5.74) is 5.08. The molecule has 0 spiro atoms. The Morgan fingerprint density at radius 1 is 0.880 bits per heavy atom. The SMILES string of the molecule is c1cnc(Nc2cccc3[nH]ccc23)c(-c2ncnc3[nH]cnc23)c1. The predicted octanol–water partition coefficient (Wildman–Crippen LogP) is 3.64. The first-order chi connectivity index (χ1) is 12.4. The average Bonchev–Trinajstić information content (AvgIpc) is 3.31. The molecular weight excluding hydrogens is 314 g/mol. The van der Waals surface area contributed by atoms with Crippen LogP contribution in [0.2, 0.25) is 0 Å². The van der Waals surface area contributed by atoms with Crippen LogP contribution in [0.25, 0.3) is 33.3 Å². The van der Waals surface area contributed by atoms with Crippen LogP contribution in [0.1, 0.15) is 0 Å². The highest BCUT2D eigenvalue weighted by Crippen LogP contribution is 2.32. The second-order valence-corrected chi connectivity index (χ2v) is 5.59. The van der Waals surface area contributed by atoms with Crippen LogP contribution in [0.15, 0.2) is 61.4 Å². The van der Waals surface area contributed by atoms with Crippen molar-refractivity contribution < 1.29 is 0 Å². The first kappa shape index (κ1) is 13.7. The van der Waals surface area contributed by atoms with Crippen molar-refractivity contribution in [3.63, 3.8) is 0 Å². The zero-order valence-corrected chi connectivity index (χ0v) is 13.1. The number of aromatic nitrogens is 6. The minimum absolute atomic E-state index is 0.701. The summed E-state index contributed by atoms with van der Waals surface area (Å²) in [6, 6.07) is 12.0. The molecule has 0 amide bonds. The fourth-order valence-corrected chi connectivity index (χ4v) is 2.98. The summed E-state index contributed by atoms with van der Waals surface area (Å²) >= 11 is 0. The Labute approximate surface area is 142 Å². The molecule has 0 saturated heterocycles. The molecule has 0 aliphatic rings. The standard InChI is InChI=1S/C18H13N7/c1-4-13-11(6-8-19-13)14(5-1)25-17-12(3-2-7-20-17)15-16-18(23-9-21-15)24-10-22-16/h1-10,19H,(H,20,25)(H,21,22,23,24). The summed E-state index contributed by atoms with van der Waals surface area (Å²) in [7, 11) is 0. The van der Waals surface area contributed by atoms with Crippen molar-refractivity contribution in [3.8, 4) is 11.3 Å². The van der Waals surface area contributed by atoms with E-state index in [0.717, 1.165) is 39.2 Å². The maximum atomic E-state index is 4.51. The Kier molecular flexibility index (Phi) is 2.96. The Hall–Kier alpha value is -3.74. The third-order valence-electron chi connectivity index (χ3n) is 4.13. The molecule has 0 bridgehead atoms. The van der Waals surface area contributed by atoms with Crippen molar-refractivity contribution in [2.45, 2.75) is 0 Å². The number of imidazole rings is 1. The van der Waals surface area contributed by atoms with Crippen LogP contribution < -0.4 is 5.32 Å². The average molecular weight is 327 g/mol. The van der Waals surface area contributed by atoms with Gasteiger partial charge in [-0.25, -0.2) is 19.9 Å². The number of nitrogens with one attached hydrogen (secondary N) is 3. The van der Waals surface area contributed by atoms with E-state index in [4.69, 9.17) is 0 Å². The van der Waals surface area contributed by atoms with Gasteiger partial charge in [-0.05, 0) is 30.3 Å². The van der Waals surface area contributed by atoms with Gasteiger partial charge in [-0.3, -0.25) is 0 Å². The third kappa shape index (κ3) is 2.21. The summed E-state index contributed by atoms with van der Waals surface area (Å²) in [5.74, 6) is 0.721. The van der Waals surface area contributed by atoms with E-state index in [0.29, 0.717) is 5.65 Å². The monoisotopic (exact) mass is 327 g/mol. The van der Waals surface area contributed by atoms with Crippen molar-refractivity contribution in [2.75, 3.05) is 5.32 Å². The quantitative estimate of drug-likeness (QED) is 0.470. The summed E-state index contributed by atoms with van der Waals surface area (Å²) in [6.45, 7) is 0. The van der Waals surface area contributed by atoms with Crippen molar-refractivity contribution in [1.29, 1.82) is 0 Å². The molecule has 0 aliphatic carbocycles. The van der Waals surface area contributed by atoms with Crippen molar-refractivity contribution >= 4 is 33.6 Å². The minimum atomic E-state index is 0.701. The number of benzene rings is 1. The predicted molar refractivity (Wildman–Crippen MR) is 96.5 cm³/mol. The van der Waals surface area contributed by atoms with Gasteiger partial charge in [0, 0.05) is 34.5 Å². The molecule has 0 unspecified atom stereocenters. The molecule has 0 saturated carbocycles. The smallest absolute Gasteiger partial charge is 0.161 e. The summed E-state index contributed by atoms with van der Waals surface area (Å²) < 4.78 is 0. The van der Waals surface area contributed by atoms with E-state index in [2.05, 4.69) is 35.2 Å². The molecule has 1 aromatic carbocycles. The molecular formula is C18H13N7. The van der Waals surface area contributed by atoms with Gasteiger partial charge in [-0.15, -0.1) is 0 Å². The molecule has 7 heteroatoms. The van der Waals surface area contributed by atoms with E-state index >= 15 is 0 Å². The molecule has 120 valence electrons. The molecule has 7 nitrogen and oxygen atoms in total. The van der Waals surface area contributed by atoms with E-state index in [1.54, 1.807) is 12.5 Å². The number of hydrogen-bond donors (Lipinski definition) is 3. The van der Waals surface area contributed by atoms with Gasteiger partial charge in [0.1, 0.15) is 23.4 Å². The fourth-order valence-electron chi connectivity index (χ4n) is 2.98. The highest BCUT2D eigenvalue weighted by atomic mass is 15.0. The van der Waals surface area contributed by atoms with Crippen molar-refractivity contribution in [1.82, 2.24) is 29.9 Å². The van der Waals surface area contributed by atoms with Gasteiger partial charge in [-0.1, -0.05) is 6.07 Å². The first-order valence-corrected chi connectivity index (χ1v) is 7.83. The topological polar surface area (TPSA) is 95.2 Å². The van der Waals surface area contributed by atoms with E-state index in [9.17, 15) is 0 Å². The van der Waals surface area contributed by atoms with E-state index in [1.807, 2.05) is 42.6 Å². The van der Waals surface area contributed by atoms with Crippen LogP contribution in [0.3, 0.4) is 0 Å². The van der Waals surface area contributed by atoms with E-state index in [1.165, 1.54) is 6.33 Å². The van der Waals surface area contributed by atoms with Gasteiger partial charge in [0.15, 0.2) is 5.65 Å². The number of pyridine rings is 1. The van der Waals surface area contributed by atoms with Gasteiger partial charge in [0.25, 0.3) is 0 Å².